The lowest BCUT2D eigenvalue weighted by Gasteiger charge is -2.18. The predicted molar refractivity (Wildman–Crippen MR) is 77.6 cm³/mol. The van der Waals surface area contributed by atoms with E-state index in [0.29, 0.717) is 12.1 Å². The lowest BCUT2D eigenvalue weighted by Crippen LogP contribution is -2.30. The number of anilines is 1. The van der Waals surface area contributed by atoms with Crippen LogP contribution in [0.5, 0.6) is 0 Å². The molecule has 1 N–H and O–H groups in total. The van der Waals surface area contributed by atoms with E-state index < -0.39 is 29.2 Å². The molecule has 122 valence electrons. The molecule has 0 bridgehead atoms. The van der Waals surface area contributed by atoms with Crippen LogP contribution >= 0.6 is 0 Å². The molecule has 1 atom stereocenters. The molecule has 23 heavy (non-hydrogen) atoms. The van der Waals surface area contributed by atoms with Crippen LogP contribution in [0.4, 0.5) is 14.5 Å². The summed E-state index contributed by atoms with van der Waals surface area (Å²) >= 11 is 0. The van der Waals surface area contributed by atoms with Gasteiger partial charge in [0.15, 0.2) is 0 Å². The number of halogens is 2. The van der Waals surface area contributed by atoms with Gasteiger partial charge in [-0.05, 0) is 32.4 Å². The van der Waals surface area contributed by atoms with Crippen molar-refractivity contribution in [1.82, 2.24) is 15.0 Å². The number of benzene rings is 1. The first-order valence-corrected chi connectivity index (χ1v) is 7.19. The quantitative estimate of drug-likeness (QED) is 0.935. The average Bonchev–Trinajstić information content (AvgIpc) is 3.06. The van der Waals surface area contributed by atoms with Gasteiger partial charge in [0, 0.05) is 6.54 Å². The van der Waals surface area contributed by atoms with Crippen LogP contribution in [0.2, 0.25) is 0 Å². The normalized spacial score (nSPS) is 18.7. The maximum atomic E-state index is 13.9. The summed E-state index contributed by atoms with van der Waals surface area (Å²) in [4.78, 5) is 13.6. The molecule has 1 aliphatic rings. The number of hydrogen-bond acceptors (Lipinski definition) is 4. The Morgan fingerprint density at radius 1 is 1.30 bits per heavy atom. The zero-order valence-electron chi connectivity index (χ0n) is 12.7. The van der Waals surface area contributed by atoms with Gasteiger partial charge < -0.3 is 10.0 Å². The molecular weight excluding hydrogens is 306 g/mol. The molecular formula is C15H16F2N4O2. The molecule has 1 aromatic carbocycles. The number of rotatable bonds is 3. The summed E-state index contributed by atoms with van der Waals surface area (Å²) in [5.41, 5.74) is -1.21. The van der Waals surface area contributed by atoms with Gasteiger partial charge in [0.1, 0.15) is 34.7 Å². The fourth-order valence-electron chi connectivity index (χ4n) is 2.59. The van der Waals surface area contributed by atoms with Crippen molar-refractivity contribution in [3.8, 4) is 0 Å². The van der Waals surface area contributed by atoms with Crippen LogP contribution in [-0.2, 0) is 10.4 Å². The van der Waals surface area contributed by atoms with E-state index in [0.717, 1.165) is 17.0 Å². The third kappa shape index (κ3) is 2.70. The first-order chi connectivity index (χ1) is 10.8. The highest BCUT2D eigenvalue weighted by molar-refractivity contribution is 5.98. The Kier molecular flexibility index (Phi) is 3.63. The number of nitrogens with zero attached hydrogens (tertiary/aromatic N) is 4. The number of aliphatic hydroxyl groups is 1. The van der Waals surface area contributed by atoms with Crippen molar-refractivity contribution in [2.75, 3.05) is 11.4 Å². The fourth-order valence-corrected chi connectivity index (χ4v) is 2.59. The Bertz CT molecular complexity index is 734. The molecule has 8 heteroatoms. The van der Waals surface area contributed by atoms with Gasteiger partial charge in [-0.1, -0.05) is 11.3 Å². The molecule has 3 rings (SSSR count). The van der Waals surface area contributed by atoms with E-state index in [1.165, 1.54) is 16.9 Å². The number of carbonyl (C=O) groups excluding carboxylic acids is 1. The second-order valence-corrected chi connectivity index (χ2v) is 6.01. The molecule has 1 unspecified atom stereocenters. The molecule has 2 aromatic rings. The summed E-state index contributed by atoms with van der Waals surface area (Å²) in [5, 5.41) is 17.6. The molecule has 1 saturated heterocycles. The highest BCUT2D eigenvalue weighted by Crippen LogP contribution is 2.32. The summed E-state index contributed by atoms with van der Waals surface area (Å²) in [7, 11) is 0. The van der Waals surface area contributed by atoms with E-state index in [4.69, 9.17) is 0 Å². The number of hydrogen-bond donors (Lipinski definition) is 1. The maximum Gasteiger partial charge on any atom is 0.252 e. The van der Waals surface area contributed by atoms with Gasteiger partial charge in [-0.25, -0.2) is 13.5 Å². The average molecular weight is 322 g/mol. The van der Waals surface area contributed by atoms with Gasteiger partial charge in [-0.2, -0.15) is 0 Å². The standard InChI is InChI=1S/C15H16F2N4O2/c1-15(2,23)12-8-21(19-18-12)11-6-7-20(14(11)22)13-9(16)4-3-5-10(13)17/h3-5,8,11,23H,6-7H2,1-2H3. The first-order valence-electron chi connectivity index (χ1n) is 7.19. The molecule has 0 aliphatic carbocycles. The fraction of sp³-hybridized carbons (Fsp3) is 0.400. The minimum atomic E-state index is -1.18. The van der Waals surface area contributed by atoms with Crippen molar-refractivity contribution in [3.63, 3.8) is 0 Å². The van der Waals surface area contributed by atoms with Crippen LogP contribution in [0.15, 0.2) is 24.4 Å². The Morgan fingerprint density at radius 3 is 2.52 bits per heavy atom. The summed E-state index contributed by atoms with van der Waals surface area (Å²) in [5.74, 6) is -2.02. The minimum Gasteiger partial charge on any atom is -0.384 e. The van der Waals surface area contributed by atoms with Crippen LogP contribution in [0.25, 0.3) is 0 Å². The Labute approximate surface area is 131 Å². The Balaban J connectivity index is 1.89. The van der Waals surface area contributed by atoms with E-state index in [2.05, 4.69) is 10.3 Å². The molecule has 0 radical (unpaired) electrons. The van der Waals surface area contributed by atoms with Gasteiger partial charge in [0.25, 0.3) is 5.91 Å². The van der Waals surface area contributed by atoms with Crippen LogP contribution < -0.4 is 4.90 Å². The number of carbonyl (C=O) groups is 1. The number of aromatic nitrogens is 3. The zero-order valence-corrected chi connectivity index (χ0v) is 12.7. The van der Waals surface area contributed by atoms with E-state index in [1.807, 2.05) is 0 Å². The molecule has 1 aliphatic heterocycles. The van der Waals surface area contributed by atoms with Crippen molar-refractivity contribution in [2.24, 2.45) is 0 Å². The van der Waals surface area contributed by atoms with Gasteiger partial charge in [0.2, 0.25) is 0 Å². The van der Waals surface area contributed by atoms with E-state index in [1.54, 1.807) is 13.8 Å². The second kappa shape index (κ2) is 5.38. The van der Waals surface area contributed by atoms with Crippen LogP contribution in [0.1, 0.15) is 32.0 Å². The van der Waals surface area contributed by atoms with Crippen molar-refractivity contribution in [2.45, 2.75) is 31.9 Å². The van der Waals surface area contributed by atoms with Gasteiger partial charge in [-0.3, -0.25) is 4.79 Å². The third-order valence-corrected chi connectivity index (χ3v) is 3.84. The number of para-hydroxylation sites is 1. The first kappa shape index (κ1) is 15.5. The monoisotopic (exact) mass is 322 g/mol. The summed E-state index contributed by atoms with van der Waals surface area (Å²) < 4.78 is 29.1. The Hall–Kier alpha value is -2.35. The van der Waals surface area contributed by atoms with Gasteiger partial charge in [0.05, 0.1) is 6.20 Å². The summed E-state index contributed by atoms with van der Waals surface area (Å²) in [6.07, 6.45) is 1.82. The molecule has 0 saturated carbocycles. The molecule has 6 nitrogen and oxygen atoms in total. The lowest BCUT2D eigenvalue weighted by atomic mass is 10.1. The Morgan fingerprint density at radius 2 is 1.96 bits per heavy atom. The SMILES string of the molecule is CC(C)(O)c1cn(C2CCN(c3c(F)cccc3F)C2=O)nn1. The van der Waals surface area contributed by atoms with Crippen molar-refractivity contribution in [1.29, 1.82) is 0 Å². The van der Waals surface area contributed by atoms with E-state index in [9.17, 15) is 18.7 Å². The van der Waals surface area contributed by atoms with Crippen molar-refractivity contribution in [3.05, 3.63) is 41.7 Å². The van der Waals surface area contributed by atoms with Gasteiger partial charge >= 0.3 is 0 Å². The number of amides is 1. The topological polar surface area (TPSA) is 71.2 Å². The van der Waals surface area contributed by atoms with E-state index >= 15 is 0 Å². The third-order valence-electron chi connectivity index (χ3n) is 3.84. The molecule has 0 spiro atoms. The molecule has 1 aromatic heterocycles. The maximum absolute atomic E-state index is 13.9. The van der Waals surface area contributed by atoms with E-state index in [-0.39, 0.29) is 12.2 Å². The van der Waals surface area contributed by atoms with Crippen molar-refractivity contribution < 1.29 is 18.7 Å². The highest BCUT2D eigenvalue weighted by Gasteiger charge is 2.37. The van der Waals surface area contributed by atoms with Gasteiger partial charge in [-0.15, -0.1) is 5.10 Å². The van der Waals surface area contributed by atoms with Crippen molar-refractivity contribution >= 4 is 11.6 Å². The smallest absolute Gasteiger partial charge is 0.252 e. The highest BCUT2D eigenvalue weighted by atomic mass is 19.1. The minimum absolute atomic E-state index is 0.180. The molecule has 1 amide bonds. The summed E-state index contributed by atoms with van der Waals surface area (Å²) in [6.45, 7) is 3.29. The molecule has 2 heterocycles. The summed E-state index contributed by atoms with van der Waals surface area (Å²) in [6, 6.07) is 2.78. The predicted octanol–water partition coefficient (Wildman–Crippen LogP) is 1.76. The lowest BCUT2D eigenvalue weighted by molar-refractivity contribution is -0.120. The zero-order chi connectivity index (χ0) is 16.8. The largest absolute Gasteiger partial charge is 0.384 e. The van der Waals surface area contributed by atoms with Crippen LogP contribution in [0, 0.1) is 11.6 Å². The second-order valence-electron chi connectivity index (χ2n) is 6.01. The van der Waals surface area contributed by atoms with Crippen LogP contribution in [0.3, 0.4) is 0 Å². The molecule has 1 fully saturated rings. The van der Waals surface area contributed by atoms with Crippen LogP contribution in [-0.4, -0.2) is 32.6 Å².